The number of aliphatic imine (C=N–C) groups is 1. The SMILES string of the molecule is Cc1c(Cl)cccc1N=C1NC(=O)/C(=C/c2cc(Br)c(O)c(Br)c2)S1. The highest BCUT2D eigenvalue weighted by atomic mass is 79.9. The Morgan fingerprint density at radius 1 is 1.28 bits per heavy atom. The third-order valence-corrected chi connectivity index (χ3v) is 5.98. The van der Waals surface area contributed by atoms with E-state index >= 15 is 0 Å². The van der Waals surface area contributed by atoms with E-state index in [4.69, 9.17) is 11.6 Å². The highest BCUT2D eigenvalue weighted by Crippen LogP contribution is 2.36. The molecule has 1 heterocycles. The second-order valence-corrected chi connectivity index (χ2v) is 8.35. The van der Waals surface area contributed by atoms with Gasteiger partial charge in [-0.15, -0.1) is 0 Å². The predicted molar refractivity (Wildman–Crippen MR) is 111 cm³/mol. The highest BCUT2D eigenvalue weighted by molar-refractivity contribution is 9.11. The van der Waals surface area contributed by atoms with Gasteiger partial charge in [0.15, 0.2) is 5.17 Å². The largest absolute Gasteiger partial charge is 0.506 e. The number of hydrogen-bond acceptors (Lipinski definition) is 4. The first-order valence-corrected chi connectivity index (χ1v) is 9.86. The molecule has 128 valence electrons. The molecular formula is C17H11Br2ClN2O2S. The second kappa shape index (κ2) is 7.53. The van der Waals surface area contributed by atoms with Crippen molar-refractivity contribution in [2.24, 2.45) is 4.99 Å². The van der Waals surface area contributed by atoms with Gasteiger partial charge in [-0.25, -0.2) is 4.99 Å². The molecule has 1 aliphatic rings. The number of nitrogens with zero attached hydrogens (tertiary/aromatic N) is 1. The molecule has 8 heteroatoms. The predicted octanol–water partition coefficient (Wildman–Crippen LogP) is 5.77. The van der Waals surface area contributed by atoms with E-state index in [1.54, 1.807) is 24.3 Å². The summed E-state index contributed by atoms with van der Waals surface area (Å²) in [5, 5.41) is 13.6. The summed E-state index contributed by atoms with van der Waals surface area (Å²) >= 11 is 13.9. The number of thioether (sulfide) groups is 1. The fraction of sp³-hybridized carbons (Fsp3) is 0.0588. The molecule has 0 bridgehead atoms. The molecule has 2 aromatic rings. The lowest BCUT2D eigenvalue weighted by atomic mass is 10.2. The van der Waals surface area contributed by atoms with Gasteiger partial charge in [0.05, 0.1) is 19.5 Å². The van der Waals surface area contributed by atoms with Gasteiger partial charge in [0.25, 0.3) is 5.91 Å². The number of amides is 1. The molecule has 1 fully saturated rings. The van der Waals surface area contributed by atoms with Crippen LogP contribution in [0.4, 0.5) is 5.69 Å². The van der Waals surface area contributed by atoms with Gasteiger partial charge in [-0.1, -0.05) is 17.7 Å². The Bertz CT molecular complexity index is 921. The minimum Gasteiger partial charge on any atom is -0.506 e. The lowest BCUT2D eigenvalue weighted by Crippen LogP contribution is -2.19. The van der Waals surface area contributed by atoms with E-state index in [-0.39, 0.29) is 11.7 Å². The Balaban J connectivity index is 1.90. The van der Waals surface area contributed by atoms with Crippen LogP contribution in [0.25, 0.3) is 6.08 Å². The van der Waals surface area contributed by atoms with E-state index in [0.717, 1.165) is 11.1 Å². The lowest BCUT2D eigenvalue weighted by Gasteiger charge is -2.03. The molecule has 0 aliphatic carbocycles. The minimum absolute atomic E-state index is 0.115. The van der Waals surface area contributed by atoms with Gasteiger partial charge in [0.2, 0.25) is 0 Å². The Hall–Kier alpha value is -1.28. The molecule has 0 atom stereocenters. The van der Waals surface area contributed by atoms with Crippen LogP contribution in [0.1, 0.15) is 11.1 Å². The van der Waals surface area contributed by atoms with Crippen LogP contribution in [0.5, 0.6) is 5.75 Å². The van der Waals surface area contributed by atoms with E-state index in [1.165, 1.54) is 11.8 Å². The standard InChI is InChI=1S/C17H11Br2ClN2O2S/c1-8-12(20)3-2-4-13(8)21-17-22-16(24)14(25-17)7-9-5-10(18)15(23)11(19)6-9/h2-7,23H,1H3,(H,21,22,24)/b14-7-. The van der Waals surface area contributed by atoms with Gasteiger partial charge in [0.1, 0.15) is 5.75 Å². The van der Waals surface area contributed by atoms with Crippen molar-refractivity contribution in [2.45, 2.75) is 6.92 Å². The Morgan fingerprint density at radius 3 is 2.64 bits per heavy atom. The number of amidine groups is 1. The van der Waals surface area contributed by atoms with Crippen LogP contribution in [0, 0.1) is 6.92 Å². The van der Waals surface area contributed by atoms with E-state index < -0.39 is 0 Å². The molecule has 4 nitrogen and oxygen atoms in total. The van der Waals surface area contributed by atoms with Crippen LogP contribution in [0.3, 0.4) is 0 Å². The lowest BCUT2D eigenvalue weighted by molar-refractivity contribution is -0.115. The average molecular weight is 503 g/mol. The van der Waals surface area contributed by atoms with Crippen LogP contribution in [0.2, 0.25) is 5.02 Å². The molecule has 0 spiro atoms. The molecule has 2 aromatic carbocycles. The zero-order valence-electron chi connectivity index (χ0n) is 12.8. The zero-order valence-corrected chi connectivity index (χ0v) is 17.6. The van der Waals surface area contributed by atoms with Crippen LogP contribution in [0.15, 0.2) is 49.2 Å². The highest BCUT2D eigenvalue weighted by Gasteiger charge is 2.24. The molecule has 0 radical (unpaired) electrons. The molecule has 0 unspecified atom stereocenters. The van der Waals surface area contributed by atoms with Gasteiger partial charge in [-0.05, 0) is 92.0 Å². The van der Waals surface area contributed by atoms with Crippen molar-refractivity contribution in [1.29, 1.82) is 0 Å². The van der Waals surface area contributed by atoms with Gasteiger partial charge in [-0.2, -0.15) is 0 Å². The molecule has 1 saturated heterocycles. The van der Waals surface area contributed by atoms with Gasteiger partial charge < -0.3 is 10.4 Å². The summed E-state index contributed by atoms with van der Waals surface area (Å²) < 4.78 is 1.08. The Kier molecular flexibility index (Phi) is 5.58. The first-order chi connectivity index (χ1) is 11.8. The Labute approximate surface area is 170 Å². The summed E-state index contributed by atoms with van der Waals surface area (Å²) in [5.41, 5.74) is 2.34. The second-order valence-electron chi connectivity index (χ2n) is 5.20. The molecule has 2 N–H and O–H groups in total. The number of phenols is 1. The monoisotopic (exact) mass is 500 g/mol. The maximum absolute atomic E-state index is 12.2. The number of rotatable bonds is 2. The number of nitrogens with one attached hydrogen (secondary N) is 1. The van der Waals surface area contributed by atoms with Gasteiger partial charge >= 0.3 is 0 Å². The topological polar surface area (TPSA) is 61.7 Å². The van der Waals surface area contributed by atoms with Crippen molar-refractivity contribution < 1.29 is 9.90 Å². The number of carbonyl (C=O) groups excluding carboxylic acids is 1. The normalized spacial score (nSPS) is 17.4. The third kappa shape index (κ3) is 4.11. The summed E-state index contributed by atoms with van der Waals surface area (Å²) in [5.74, 6) is -0.104. The number of aromatic hydroxyl groups is 1. The van der Waals surface area contributed by atoms with Crippen molar-refractivity contribution >= 4 is 78.1 Å². The van der Waals surface area contributed by atoms with Crippen LogP contribution < -0.4 is 5.32 Å². The maximum atomic E-state index is 12.2. The summed E-state index contributed by atoms with van der Waals surface area (Å²) in [6, 6.07) is 8.93. The van der Waals surface area contributed by atoms with E-state index in [1.807, 2.05) is 19.1 Å². The fourth-order valence-corrected chi connectivity index (χ4v) is 4.35. The van der Waals surface area contributed by atoms with Gasteiger partial charge in [0, 0.05) is 5.02 Å². The van der Waals surface area contributed by atoms with Crippen molar-refractivity contribution in [1.82, 2.24) is 5.32 Å². The van der Waals surface area contributed by atoms with Crippen molar-refractivity contribution in [2.75, 3.05) is 0 Å². The molecule has 25 heavy (non-hydrogen) atoms. The number of hydrogen-bond donors (Lipinski definition) is 2. The molecule has 3 rings (SSSR count). The number of carbonyl (C=O) groups is 1. The van der Waals surface area contributed by atoms with Crippen molar-refractivity contribution in [3.05, 3.63) is 60.3 Å². The first kappa shape index (κ1) is 18.5. The summed E-state index contributed by atoms with van der Waals surface area (Å²) in [6.45, 7) is 1.88. The summed E-state index contributed by atoms with van der Waals surface area (Å²) in [4.78, 5) is 17.2. The Morgan fingerprint density at radius 2 is 1.96 bits per heavy atom. The maximum Gasteiger partial charge on any atom is 0.264 e. The van der Waals surface area contributed by atoms with Crippen LogP contribution in [-0.4, -0.2) is 16.2 Å². The molecule has 1 aliphatic heterocycles. The van der Waals surface area contributed by atoms with Crippen LogP contribution in [-0.2, 0) is 4.79 Å². The zero-order chi connectivity index (χ0) is 18.1. The van der Waals surface area contributed by atoms with E-state index in [0.29, 0.717) is 29.7 Å². The molecule has 0 saturated carbocycles. The number of phenolic OH excluding ortho intramolecular Hbond substituents is 1. The molecule has 1 amide bonds. The van der Waals surface area contributed by atoms with Crippen molar-refractivity contribution in [3.8, 4) is 5.75 Å². The average Bonchev–Trinajstić information content (AvgIpc) is 2.89. The molecular weight excluding hydrogens is 492 g/mol. The third-order valence-electron chi connectivity index (χ3n) is 3.45. The fourth-order valence-electron chi connectivity index (χ4n) is 2.13. The number of benzene rings is 2. The van der Waals surface area contributed by atoms with E-state index in [9.17, 15) is 9.90 Å². The smallest absolute Gasteiger partial charge is 0.264 e. The summed E-state index contributed by atoms with van der Waals surface area (Å²) in [7, 11) is 0. The summed E-state index contributed by atoms with van der Waals surface area (Å²) in [6.07, 6.45) is 1.74. The van der Waals surface area contributed by atoms with Crippen LogP contribution >= 0.6 is 55.2 Å². The van der Waals surface area contributed by atoms with E-state index in [2.05, 4.69) is 42.2 Å². The quantitative estimate of drug-likeness (QED) is 0.513. The molecule has 0 aromatic heterocycles. The first-order valence-electron chi connectivity index (χ1n) is 7.08. The van der Waals surface area contributed by atoms with Gasteiger partial charge in [-0.3, -0.25) is 4.79 Å². The number of halogens is 3. The van der Waals surface area contributed by atoms with Crippen molar-refractivity contribution in [3.63, 3.8) is 0 Å². The minimum atomic E-state index is -0.219.